The molecule has 280 valence electrons. The normalized spacial score (nSPS) is 12.5. The predicted octanol–water partition coefficient (Wildman–Crippen LogP) is 4.54. The van der Waals surface area contributed by atoms with E-state index < -0.39 is 41.8 Å². The summed E-state index contributed by atoms with van der Waals surface area (Å²) in [6, 6.07) is 17.2. The fourth-order valence-corrected chi connectivity index (χ4v) is 5.51. The Hall–Kier alpha value is -5.50. The average molecular weight is 721 g/mol. The van der Waals surface area contributed by atoms with Crippen LogP contribution in [-0.4, -0.2) is 74.1 Å². The molecule has 4 amide bonds. The maximum atomic E-state index is 13.4. The standard InChI is InChI=1S/C38H48N4O10/c1-5-7-9-14-29(31(6-2)42(25-43)51-23-26-12-10-8-11-13-26)36(46)39-24-40-37(47)33-21-20-32(52-33)27-15-17-28(18-16-27)35(45)41-30(38(48)50-4)19-22-34(44)49-3/h8,10-13,15-18,20-21,25,29-31H,5-7,9,14,19,22-24H2,1-4H3,(H,39,46)(H,40,47)(H,41,45). The van der Waals surface area contributed by atoms with Crippen LogP contribution in [0.1, 0.15) is 85.3 Å². The predicted molar refractivity (Wildman–Crippen MR) is 190 cm³/mol. The summed E-state index contributed by atoms with van der Waals surface area (Å²) in [6.45, 7) is 3.97. The number of amides is 4. The van der Waals surface area contributed by atoms with Crippen LogP contribution in [0, 0.1) is 5.92 Å². The lowest BCUT2D eigenvalue weighted by molar-refractivity contribution is -0.200. The number of ether oxygens (including phenoxy) is 2. The Kier molecular flexibility index (Phi) is 17.0. The van der Waals surface area contributed by atoms with Crippen molar-refractivity contribution in [2.24, 2.45) is 5.92 Å². The van der Waals surface area contributed by atoms with Gasteiger partial charge in [0.15, 0.2) is 5.76 Å². The van der Waals surface area contributed by atoms with Gasteiger partial charge in [0.05, 0.1) is 32.8 Å². The van der Waals surface area contributed by atoms with Crippen LogP contribution < -0.4 is 16.0 Å². The van der Waals surface area contributed by atoms with Crippen LogP contribution in [0.5, 0.6) is 0 Å². The lowest BCUT2D eigenvalue weighted by atomic mass is 9.90. The summed E-state index contributed by atoms with van der Waals surface area (Å²) >= 11 is 0. The summed E-state index contributed by atoms with van der Waals surface area (Å²) in [4.78, 5) is 80.7. The van der Waals surface area contributed by atoms with E-state index in [1.165, 1.54) is 37.5 Å². The van der Waals surface area contributed by atoms with Gasteiger partial charge in [-0.05, 0) is 49.1 Å². The second-order valence-electron chi connectivity index (χ2n) is 11.9. The topological polar surface area (TPSA) is 183 Å². The Morgan fingerprint density at radius 3 is 2.21 bits per heavy atom. The van der Waals surface area contributed by atoms with Gasteiger partial charge < -0.3 is 29.8 Å². The number of esters is 2. The summed E-state index contributed by atoms with van der Waals surface area (Å²) in [6.07, 6.45) is 4.22. The van der Waals surface area contributed by atoms with Crippen molar-refractivity contribution in [3.63, 3.8) is 0 Å². The van der Waals surface area contributed by atoms with Crippen molar-refractivity contribution < 1.29 is 47.5 Å². The second kappa shape index (κ2) is 21.7. The maximum absolute atomic E-state index is 13.4. The van der Waals surface area contributed by atoms with Crippen molar-refractivity contribution in [1.29, 1.82) is 0 Å². The first kappa shape index (κ1) is 40.9. The van der Waals surface area contributed by atoms with E-state index in [9.17, 15) is 28.8 Å². The molecule has 0 aliphatic rings. The molecule has 1 aromatic heterocycles. The first-order valence-electron chi connectivity index (χ1n) is 17.3. The van der Waals surface area contributed by atoms with Crippen LogP contribution >= 0.6 is 0 Å². The monoisotopic (exact) mass is 720 g/mol. The van der Waals surface area contributed by atoms with E-state index in [1.807, 2.05) is 37.3 Å². The molecule has 3 aromatic rings. The second-order valence-corrected chi connectivity index (χ2v) is 11.9. The van der Waals surface area contributed by atoms with Gasteiger partial charge in [0.25, 0.3) is 11.8 Å². The van der Waals surface area contributed by atoms with Gasteiger partial charge in [-0.3, -0.25) is 28.8 Å². The van der Waals surface area contributed by atoms with E-state index in [2.05, 4.69) is 27.6 Å². The minimum absolute atomic E-state index is 0.00460. The molecule has 1 heterocycles. The molecule has 0 radical (unpaired) electrons. The number of unbranched alkanes of at least 4 members (excludes halogenated alkanes) is 2. The average Bonchev–Trinajstić information content (AvgIpc) is 3.67. The Balaban J connectivity index is 1.58. The smallest absolute Gasteiger partial charge is 0.328 e. The highest BCUT2D eigenvalue weighted by atomic mass is 16.7. The third-order valence-corrected chi connectivity index (χ3v) is 8.42. The van der Waals surface area contributed by atoms with Crippen molar-refractivity contribution in [3.8, 4) is 11.3 Å². The quantitative estimate of drug-likeness (QED) is 0.0438. The van der Waals surface area contributed by atoms with Gasteiger partial charge >= 0.3 is 11.9 Å². The van der Waals surface area contributed by atoms with Gasteiger partial charge in [-0.1, -0.05) is 75.6 Å². The molecule has 3 unspecified atom stereocenters. The molecular formula is C38H48N4O10. The van der Waals surface area contributed by atoms with Gasteiger partial charge in [-0.25, -0.2) is 9.86 Å². The number of rotatable bonds is 22. The zero-order chi connectivity index (χ0) is 37.9. The number of hydroxylamine groups is 2. The molecule has 0 saturated heterocycles. The summed E-state index contributed by atoms with van der Waals surface area (Å²) in [5.74, 6) is -2.85. The number of hydrogen-bond donors (Lipinski definition) is 3. The van der Waals surface area contributed by atoms with Crippen LogP contribution in [0.4, 0.5) is 0 Å². The minimum atomic E-state index is -1.04. The van der Waals surface area contributed by atoms with Gasteiger partial charge in [0.2, 0.25) is 12.3 Å². The van der Waals surface area contributed by atoms with Crippen molar-refractivity contribution >= 4 is 36.1 Å². The molecular weight excluding hydrogens is 672 g/mol. The zero-order valence-corrected chi connectivity index (χ0v) is 30.1. The zero-order valence-electron chi connectivity index (χ0n) is 30.1. The van der Waals surface area contributed by atoms with Crippen molar-refractivity contribution in [1.82, 2.24) is 21.0 Å². The summed E-state index contributed by atoms with van der Waals surface area (Å²) < 4.78 is 15.1. The highest BCUT2D eigenvalue weighted by Crippen LogP contribution is 2.24. The van der Waals surface area contributed by atoms with Crippen molar-refractivity contribution in [3.05, 3.63) is 83.6 Å². The van der Waals surface area contributed by atoms with E-state index in [0.717, 1.165) is 24.8 Å². The number of furan rings is 1. The van der Waals surface area contributed by atoms with E-state index in [-0.39, 0.29) is 43.3 Å². The van der Waals surface area contributed by atoms with Gasteiger partial charge in [-0.2, -0.15) is 0 Å². The van der Waals surface area contributed by atoms with Gasteiger partial charge in [0, 0.05) is 17.5 Å². The highest BCUT2D eigenvalue weighted by Gasteiger charge is 2.32. The van der Waals surface area contributed by atoms with Crippen LogP contribution in [-0.2, 0) is 40.1 Å². The van der Waals surface area contributed by atoms with Gasteiger partial charge in [-0.15, -0.1) is 0 Å². The van der Waals surface area contributed by atoms with E-state index >= 15 is 0 Å². The maximum Gasteiger partial charge on any atom is 0.328 e. The molecule has 0 aliphatic heterocycles. The van der Waals surface area contributed by atoms with E-state index in [1.54, 1.807) is 18.2 Å². The first-order valence-corrected chi connectivity index (χ1v) is 17.3. The lowest BCUT2D eigenvalue weighted by Gasteiger charge is -2.32. The van der Waals surface area contributed by atoms with Gasteiger partial charge in [0.1, 0.15) is 18.4 Å². The first-order chi connectivity index (χ1) is 25.1. The number of nitrogens with one attached hydrogen (secondary N) is 3. The Bertz CT molecular complexity index is 1610. The van der Waals surface area contributed by atoms with Crippen LogP contribution in [0.25, 0.3) is 11.3 Å². The van der Waals surface area contributed by atoms with Crippen LogP contribution in [0.15, 0.2) is 71.1 Å². The number of nitrogens with zero attached hydrogens (tertiary/aromatic N) is 1. The molecule has 3 N–H and O–H groups in total. The molecule has 0 saturated carbocycles. The molecule has 3 rings (SSSR count). The third-order valence-electron chi connectivity index (χ3n) is 8.42. The molecule has 2 aromatic carbocycles. The molecule has 0 bridgehead atoms. The Morgan fingerprint density at radius 1 is 0.846 bits per heavy atom. The molecule has 52 heavy (non-hydrogen) atoms. The van der Waals surface area contributed by atoms with E-state index in [4.69, 9.17) is 14.0 Å². The van der Waals surface area contributed by atoms with Crippen LogP contribution in [0.3, 0.4) is 0 Å². The molecule has 0 fully saturated rings. The summed E-state index contributed by atoms with van der Waals surface area (Å²) in [7, 11) is 2.41. The Labute approximate surface area is 303 Å². The van der Waals surface area contributed by atoms with Crippen molar-refractivity contribution in [2.45, 2.75) is 77.5 Å². The number of methoxy groups -OCH3 is 2. The lowest BCUT2D eigenvalue weighted by Crippen LogP contribution is -2.48. The largest absolute Gasteiger partial charge is 0.469 e. The molecule has 0 aliphatic carbocycles. The molecule has 14 heteroatoms. The molecule has 3 atom stereocenters. The minimum Gasteiger partial charge on any atom is -0.469 e. The number of carbonyl (C=O) groups is 6. The molecule has 0 spiro atoms. The Morgan fingerprint density at radius 2 is 1.58 bits per heavy atom. The number of benzene rings is 2. The summed E-state index contributed by atoms with van der Waals surface area (Å²) in [5.41, 5.74) is 1.71. The summed E-state index contributed by atoms with van der Waals surface area (Å²) in [5, 5.41) is 9.20. The van der Waals surface area contributed by atoms with Crippen LogP contribution in [0.2, 0.25) is 0 Å². The van der Waals surface area contributed by atoms with Crippen molar-refractivity contribution in [2.75, 3.05) is 20.9 Å². The highest BCUT2D eigenvalue weighted by molar-refractivity contribution is 5.97. The number of carbonyl (C=O) groups excluding carboxylic acids is 6. The molecule has 14 nitrogen and oxygen atoms in total. The fourth-order valence-electron chi connectivity index (χ4n) is 5.51. The van der Waals surface area contributed by atoms with E-state index in [0.29, 0.717) is 30.6 Å². The number of hydrogen-bond acceptors (Lipinski definition) is 10. The fraction of sp³-hybridized carbons (Fsp3) is 0.421. The third kappa shape index (κ3) is 12.4. The SMILES string of the molecule is CCCCCC(C(=O)NCNC(=O)c1ccc(-c2ccc(C(=O)NC(CCC(=O)OC)C(=O)OC)cc2)o1)C(CC)N(C=O)OCc1ccccc1.